The first-order valence-corrected chi connectivity index (χ1v) is 12.3. The molecule has 0 amide bonds. The molecule has 3 fully saturated rings. The maximum atomic E-state index is 10.1. The minimum atomic E-state index is -0.611. The van der Waals surface area contributed by atoms with Crippen LogP contribution in [0.4, 0.5) is 0 Å². The normalized spacial score (nSPS) is 39.3. The fraction of sp³-hybridized carbons (Fsp3) is 0.778. The van der Waals surface area contributed by atoms with E-state index >= 15 is 0 Å². The molecule has 0 saturated heterocycles. The Morgan fingerprint density at radius 3 is 2.67 bits per heavy atom. The summed E-state index contributed by atoms with van der Waals surface area (Å²) in [6.45, 7) is 11.5. The van der Waals surface area contributed by atoms with Crippen LogP contribution in [0.2, 0.25) is 0 Å². The van der Waals surface area contributed by atoms with E-state index in [1.807, 2.05) is 0 Å². The van der Waals surface area contributed by atoms with Crippen molar-refractivity contribution >= 4 is 0 Å². The molecule has 0 unspecified atom stereocenters. The zero-order valence-electron chi connectivity index (χ0n) is 19.4. The summed E-state index contributed by atoms with van der Waals surface area (Å²) in [6, 6.07) is 0. The molecule has 0 aliphatic heterocycles. The molecule has 3 nitrogen and oxygen atoms in total. The van der Waals surface area contributed by atoms with Crippen LogP contribution in [0.3, 0.4) is 0 Å². The second-order valence-electron chi connectivity index (χ2n) is 10.9. The summed E-state index contributed by atoms with van der Waals surface area (Å²) in [6.07, 6.45) is 14.4. The van der Waals surface area contributed by atoms with Gasteiger partial charge in [-0.05, 0) is 85.2 Å². The first-order valence-electron chi connectivity index (χ1n) is 12.3. The molecule has 30 heavy (non-hydrogen) atoms. The Balaban J connectivity index is 1.69. The fourth-order valence-corrected chi connectivity index (χ4v) is 6.76. The third kappa shape index (κ3) is 5.11. The van der Waals surface area contributed by atoms with E-state index in [9.17, 15) is 15.3 Å². The van der Waals surface area contributed by atoms with Crippen molar-refractivity contribution in [3.05, 3.63) is 35.5 Å². The zero-order chi connectivity index (χ0) is 21.9. The highest BCUT2D eigenvalue weighted by atomic mass is 16.3. The van der Waals surface area contributed by atoms with E-state index in [1.165, 1.54) is 44.9 Å². The molecule has 7 atom stereocenters. The summed E-state index contributed by atoms with van der Waals surface area (Å²) in [4.78, 5) is 0. The maximum Gasteiger partial charge on any atom is 0.0811 e. The number of fused-ring (bicyclic) bond motifs is 1. The SMILES string of the molecule is C=C1/C(=C\C=C2/CCC[C@]3(C)[C@@H]([C@H](C)CCC[C@@H](C)CO)CC[C@@H]23)C[C@@H](O)C[C@@H]1O. The monoisotopic (exact) mass is 416 g/mol. The predicted octanol–water partition coefficient (Wildman–Crippen LogP) is 5.56. The van der Waals surface area contributed by atoms with Gasteiger partial charge >= 0.3 is 0 Å². The zero-order valence-corrected chi connectivity index (χ0v) is 19.4. The van der Waals surface area contributed by atoms with E-state index in [0.717, 1.165) is 29.4 Å². The molecule has 3 rings (SSSR count). The van der Waals surface area contributed by atoms with Crippen LogP contribution in [0.5, 0.6) is 0 Å². The summed E-state index contributed by atoms with van der Waals surface area (Å²) in [5.74, 6) is 2.62. The Hall–Kier alpha value is -0.900. The molecule has 3 aliphatic carbocycles. The van der Waals surface area contributed by atoms with E-state index in [0.29, 0.717) is 36.7 Å². The molecule has 0 aromatic rings. The van der Waals surface area contributed by atoms with E-state index < -0.39 is 12.2 Å². The fourth-order valence-electron chi connectivity index (χ4n) is 6.76. The van der Waals surface area contributed by atoms with Crippen molar-refractivity contribution in [1.29, 1.82) is 0 Å². The number of aliphatic hydroxyl groups is 3. The Kier molecular flexibility index (Phi) is 8.03. The molecule has 0 bridgehead atoms. The van der Waals surface area contributed by atoms with Crippen molar-refractivity contribution < 1.29 is 15.3 Å². The molecule has 3 N–H and O–H groups in total. The van der Waals surface area contributed by atoms with Crippen molar-refractivity contribution in [3.8, 4) is 0 Å². The molecule has 0 aromatic carbocycles. The molecule has 3 saturated carbocycles. The van der Waals surface area contributed by atoms with Crippen LogP contribution in [0.25, 0.3) is 0 Å². The van der Waals surface area contributed by atoms with Crippen LogP contribution >= 0.6 is 0 Å². The predicted molar refractivity (Wildman–Crippen MR) is 124 cm³/mol. The molecule has 3 aliphatic rings. The lowest BCUT2D eigenvalue weighted by Gasteiger charge is -2.44. The van der Waals surface area contributed by atoms with Gasteiger partial charge in [-0.15, -0.1) is 0 Å². The third-order valence-electron chi connectivity index (χ3n) is 8.66. The van der Waals surface area contributed by atoms with Gasteiger partial charge in [0.2, 0.25) is 0 Å². The average molecular weight is 417 g/mol. The van der Waals surface area contributed by atoms with Gasteiger partial charge in [-0.25, -0.2) is 0 Å². The first kappa shape index (κ1) is 23.8. The van der Waals surface area contributed by atoms with Crippen molar-refractivity contribution in [2.45, 2.75) is 97.2 Å². The summed E-state index contributed by atoms with van der Waals surface area (Å²) >= 11 is 0. The molecule has 0 aromatic heterocycles. The molecule has 0 spiro atoms. The minimum Gasteiger partial charge on any atom is -0.396 e. The van der Waals surface area contributed by atoms with Gasteiger partial charge in [-0.2, -0.15) is 0 Å². The van der Waals surface area contributed by atoms with Crippen molar-refractivity contribution in [1.82, 2.24) is 0 Å². The van der Waals surface area contributed by atoms with Gasteiger partial charge in [0.1, 0.15) is 0 Å². The van der Waals surface area contributed by atoms with Crippen LogP contribution in [-0.2, 0) is 0 Å². The van der Waals surface area contributed by atoms with Crippen LogP contribution < -0.4 is 0 Å². The molecule has 0 radical (unpaired) electrons. The quantitative estimate of drug-likeness (QED) is 0.509. The van der Waals surface area contributed by atoms with E-state index in [1.54, 1.807) is 5.57 Å². The highest BCUT2D eigenvalue weighted by molar-refractivity contribution is 5.38. The van der Waals surface area contributed by atoms with Gasteiger partial charge in [0, 0.05) is 13.0 Å². The van der Waals surface area contributed by atoms with Crippen LogP contribution in [0.1, 0.15) is 85.0 Å². The van der Waals surface area contributed by atoms with Gasteiger partial charge in [0.05, 0.1) is 12.2 Å². The highest BCUT2D eigenvalue weighted by Crippen LogP contribution is 2.59. The molecule has 3 heteroatoms. The molecule has 0 heterocycles. The second-order valence-corrected chi connectivity index (χ2v) is 10.9. The van der Waals surface area contributed by atoms with Gasteiger partial charge in [0.25, 0.3) is 0 Å². The van der Waals surface area contributed by atoms with Gasteiger partial charge in [-0.3, -0.25) is 0 Å². The lowest BCUT2D eigenvalue weighted by Crippen LogP contribution is -2.36. The number of hydrogen-bond donors (Lipinski definition) is 3. The Bertz CT molecular complexity index is 663. The van der Waals surface area contributed by atoms with E-state index in [2.05, 4.69) is 39.5 Å². The van der Waals surface area contributed by atoms with Crippen LogP contribution in [0.15, 0.2) is 35.5 Å². The van der Waals surface area contributed by atoms with Crippen molar-refractivity contribution in [2.75, 3.05) is 6.61 Å². The van der Waals surface area contributed by atoms with E-state index in [-0.39, 0.29) is 0 Å². The standard InChI is InChI=1S/C27H44O3/c1-18(17-28)7-5-8-19(2)24-12-13-25-21(9-6-14-27(24,25)4)10-11-22-15-23(29)16-26(30)20(22)3/h10-11,18-19,23-26,28-30H,3,5-9,12-17H2,1-2,4H3/b21-10+,22-11-/t18-,19-,23-,24-,25+,26+,27-/m1/s1. The lowest BCUT2D eigenvalue weighted by atomic mass is 9.60. The Morgan fingerprint density at radius 1 is 1.17 bits per heavy atom. The maximum absolute atomic E-state index is 10.1. The lowest BCUT2D eigenvalue weighted by molar-refractivity contribution is 0.0861. The highest BCUT2D eigenvalue weighted by Gasteiger charge is 2.50. The molecule has 170 valence electrons. The average Bonchev–Trinajstić information content (AvgIpc) is 3.06. The van der Waals surface area contributed by atoms with Gasteiger partial charge in [-0.1, -0.05) is 57.9 Å². The van der Waals surface area contributed by atoms with Gasteiger partial charge < -0.3 is 15.3 Å². The van der Waals surface area contributed by atoms with Crippen LogP contribution in [0, 0.1) is 29.1 Å². The summed E-state index contributed by atoms with van der Waals surface area (Å²) in [7, 11) is 0. The topological polar surface area (TPSA) is 60.7 Å². The molecular formula is C27H44O3. The first-order chi connectivity index (χ1) is 14.3. The number of allylic oxidation sites excluding steroid dienone is 3. The summed E-state index contributed by atoms with van der Waals surface area (Å²) in [5.41, 5.74) is 3.77. The second kappa shape index (κ2) is 10.1. The van der Waals surface area contributed by atoms with Crippen molar-refractivity contribution in [3.63, 3.8) is 0 Å². The smallest absolute Gasteiger partial charge is 0.0811 e. The van der Waals surface area contributed by atoms with Crippen molar-refractivity contribution in [2.24, 2.45) is 29.1 Å². The summed E-state index contributed by atoms with van der Waals surface area (Å²) < 4.78 is 0. The largest absolute Gasteiger partial charge is 0.396 e. The van der Waals surface area contributed by atoms with Crippen LogP contribution in [-0.4, -0.2) is 34.1 Å². The molecular weight excluding hydrogens is 372 g/mol. The number of rotatable bonds is 7. The Labute approximate surface area is 184 Å². The number of aliphatic hydroxyl groups excluding tert-OH is 3. The third-order valence-corrected chi connectivity index (χ3v) is 8.66. The van der Waals surface area contributed by atoms with E-state index in [4.69, 9.17) is 0 Å². The Morgan fingerprint density at radius 2 is 1.93 bits per heavy atom. The minimum absolute atomic E-state index is 0.307. The number of hydrogen-bond acceptors (Lipinski definition) is 3. The summed E-state index contributed by atoms with van der Waals surface area (Å²) in [5, 5.41) is 29.4. The van der Waals surface area contributed by atoms with Gasteiger partial charge in [0.15, 0.2) is 0 Å².